The SMILES string of the molecule is CC(=O)c1ccc(N(C(C)=O)N2CCN(C[C@H](O)COc3ccccc3F)[C@@H](C)C2)cc1. The number of amides is 1. The first kappa shape index (κ1) is 23.8. The van der Waals surface area contributed by atoms with Gasteiger partial charge in [-0.05, 0) is 50.2 Å². The summed E-state index contributed by atoms with van der Waals surface area (Å²) in [5.41, 5.74) is 1.31. The number of carbonyl (C=O) groups is 2. The molecule has 1 aliphatic rings. The fourth-order valence-corrected chi connectivity index (χ4v) is 3.88. The number of carbonyl (C=O) groups excluding carboxylic acids is 2. The highest BCUT2D eigenvalue weighted by atomic mass is 19.1. The normalized spacial score (nSPS) is 18.2. The number of para-hydroxylation sites is 1. The number of benzene rings is 2. The Morgan fingerprint density at radius 3 is 2.44 bits per heavy atom. The number of hydrogen-bond donors (Lipinski definition) is 1. The van der Waals surface area contributed by atoms with E-state index in [1.165, 1.54) is 26.0 Å². The molecule has 0 unspecified atom stereocenters. The number of aliphatic hydroxyl groups excluding tert-OH is 1. The monoisotopic (exact) mass is 443 g/mol. The fourth-order valence-electron chi connectivity index (χ4n) is 3.88. The summed E-state index contributed by atoms with van der Waals surface area (Å²) in [6, 6.07) is 13.2. The van der Waals surface area contributed by atoms with E-state index in [2.05, 4.69) is 4.90 Å². The highest BCUT2D eigenvalue weighted by Gasteiger charge is 2.30. The van der Waals surface area contributed by atoms with E-state index >= 15 is 0 Å². The number of hydrogen-bond acceptors (Lipinski definition) is 6. The number of aliphatic hydroxyl groups is 1. The number of β-amino-alcohol motifs (C(OH)–C–C–N with tert-alkyl or cyclic N) is 1. The summed E-state index contributed by atoms with van der Waals surface area (Å²) in [6.45, 7) is 7.27. The predicted molar refractivity (Wildman–Crippen MR) is 120 cm³/mol. The van der Waals surface area contributed by atoms with Crippen LogP contribution in [-0.4, -0.2) is 71.6 Å². The van der Waals surface area contributed by atoms with Gasteiger partial charge in [0.25, 0.3) is 0 Å². The van der Waals surface area contributed by atoms with Crippen LogP contribution in [0.4, 0.5) is 10.1 Å². The quantitative estimate of drug-likeness (QED) is 0.633. The molecule has 0 spiro atoms. The van der Waals surface area contributed by atoms with E-state index in [1.54, 1.807) is 41.4 Å². The van der Waals surface area contributed by atoms with E-state index in [9.17, 15) is 19.1 Å². The molecule has 2 aromatic rings. The maximum absolute atomic E-state index is 13.7. The number of anilines is 1. The van der Waals surface area contributed by atoms with Crippen LogP contribution in [0.15, 0.2) is 48.5 Å². The van der Waals surface area contributed by atoms with Gasteiger partial charge in [0.15, 0.2) is 17.3 Å². The van der Waals surface area contributed by atoms with E-state index in [0.717, 1.165) is 0 Å². The highest BCUT2D eigenvalue weighted by molar-refractivity contribution is 5.95. The number of nitrogens with zero attached hydrogens (tertiary/aromatic N) is 3. The summed E-state index contributed by atoms with van der Waals surface area (Å²) in [5, 5.41) is 14.0. The van der Waals surface area contributed by atoms with Crippen LogP contribution >= 0.6 is 0 Å². The Balaban J connectivity index is 1.57. The van der Waals surface area contributed by atoms with Gasteiger partial charge in [0.2, 0.25) is 5.91 Å². The summed E-state index contributed by atoms with van der Waals surface area (Å²) in [6.07, 6.45) is -0.772. The molecular formula is C24H30FN3O4. The molecule has 1 fully saturated rings. The van der Waals surface area contributed by atoms with Gasteiger partial charge < -0.3 is 9.84 Å². The standard InChI is InChI=1S/C24H30FN3O4/c1-17-14-27(28(19(3)30)21-10-8-20(9-11-21)18(2)29)13-12-26(17)15-22(31)16-32-24-7-5-4-6-23(24)25/h4-11,17,22,31H,12-16H2,1-3H3/t17-,22-/m0/s1. The molecule has 1 saturated heterocycles. The number of halogens is 1. The molecule has 0 aromatic heterocycles. The number of Topliss-reactive ketones (excluding diaryl/α,β-unsaturated/α-hetero) is 1. The highest BCUT2D eigenvalue weighted by Crippen LogP contribution is 2.22. The second-order valence-electron chi connectivity index (χ2n) is 8.09. The topological polar surface area (TPSA) is 73.3 Å². The Bertz CT molecular complexity index is 937. The summed E-state index contributed by atoms with van der Waals surface area (Å²) < 4.78 is 19.1. The largest absolute Gasteiger partial charge is 0.488 e. The summed E-state index contributed by atoms with van der Waals surface area (Å²) >= 11 is 0. The van der Waals surface area contributed by atoms with E-state index < -0.39 is 11.9 Å². The molecule has 0 aliphatic carbocycles. The minimum atomic E-state index is -0.772. The Hall–Kier alpha value is -2.81. The van der Waals surface area contributed by atoms with Crippen LogP contribution in [0.1, 0.15) is 31.1 Å². The number of ketones is 1. The lowest BCUT2D eigenvalue weighted by Gasteiger charge is -2.44. The van der Waals surface area contributed by atoms with E-state index in [1.807, 2.05) is 11.9 Å². The van der Waals surface area contributed by atoms with Crippen molar-refractivity contribution in [3.8, 4) is 5.75 Å². The number of ether oxygens (including phenoxy) is 1. The van der Waals surface area contributed by atoms with Crippen molar-refractivity contribution < 1.29 is 23.8 Å². The third kappa shape index (κ3) is 5.91. The van der Waals surface area contributed by atoms with Crippen LogP contribution in [0, 0.1) is 5.82 Å². The van der Waals surface area contributed by atoms with Crippen LogP contribution in [0.2, 0.25) is 0 Å². The molecule has 0 bridgehead atoms. The Labute approximate surface area is 188 Å². The van der Waals surface area contributed by atoms with Gasteiger partial charge >= 0.3 is 0 Å². The lowest BCUT2D eigenvalue weighted by Crippen LogP contribution is -2.60. The average Bonchev–Trinajstić information content (AvgIpc) is 2.75. The van der Waals surface area contributed by atoms with Gasteiger partial charge in [-0.25, -0.2) is 14.4 Å². The number of rotatable bonds is 8. The predicted octanol–water partition coefficient (Wildman–Crippen LogP) is 2.74. The molecule has 2 aromatic carbocycles. The van der Waals surface area contributed by atoms with Crippen molar-refractivity contribution in [3.63, 3.8) is 0 Å². The van der Waals surface area contributed by atoms with Crippen molar-refractivity contribution in [3.05, 3.63) is 59.9 Å². The van der Waals surface area contributed by atoms with Crippen LogP contribution < -0.4 is 9.75 Å². The lowest BCUT2D eigenvalue weighted by molar-refractivity contribution is -0.120. The molecule has 1 amide bonds. The molecule has 8 heteroatoms. The van der Waals surface area contributed by atoms with Crippen LogP contribution in [0.25, 0.3) is 0 Å². The van der Waals surface area contributed by atoms with Gasteiger partial charge in [-0.15, -0.1) is 0 Å². The average molecular weight is 444 g/mol. The third-order valence-electron chi connectivity index (χ3n) is 5.56. The zero-order valence-corrected chi connectivity index (χ0v) is 18.7. The van der Waals surface area contributed by atoms with Gasteiger partial charge in [-0.1, -0.05) is 12.1 Å². The molecule has 0 radical (unpaired) electrons. The first-order valence-corrected chi connectivity index (χ1v) is 10.7. The molecule has 0 saturated carbocycles. The maximum Gasteiger partial charge on any atom is 0.238 e. The smallest absolute Gasteiger partial charge is 0.238 e. The molecule has 7 nitrogen and oxygen atoms in total. The van der Waals surface area contributed by atoms with Gasteiger partial charge in [0.1, 0.15) is 12.7 Å². The van der Waals surface area contributed by atoms with Crippen molar-refractivity contribution in [2.45, 2.75) is 32.9 Å². The van der Waals surface area contributed by atoms with Crippen molar-refractivity contribution in [1.82, 2.24) is 9.91 Å². The molecule has 2 atom stereocenters. The van der Waals surface area contributed by atoms with Crippen molar-refractivity contribution in [2.24, 2.45) is 0 Å². The number of piperazine rings is 1. The lowest BCUT2D eigenvalue weighted by atomic mass is 10.1. The zero-order chi connectivity index (χ0) is 23.3. The fraction of sp³-hybridized carbons (Fsp3) is 0.417. The van der Waals surface area contributed by atoms with E-state index in [0.29, 0.717) is 37.4 Å². The summed E-state index contributed by atoms with van der Waals surface area (Å²) in [5.74, 6) is -0.468. The summed E-state index contributed by atoms with van der Waals surface area (Å²) in [7, 11) is 0. The second kappa shape index (κ2) is 10.7. The minimum absolute atomic E-state index is 0.00403. The van der Waals surface area contributed by atoms with Crippen LogP contribution in [0.3, 0.4) is 0 Å². The van der Waals surface area contributed by atoms with Gasteiger partial charge in [-0.3, -0.25) is 14.5 Å². The molecule has 172 valence electrons. The molecule has 1 aliphatic heterocycles. The Morgan fingerprint density at radius 2 is 1.84 bits per heavy atom. The molecule has 3 rings (SSSR count). The van der Waals surface area contributed by atoms with Crippen molar-refractivity contribution in [2.75, 3.05) is 37.8 Å². The van der Waals surface area contributed by atoms with E-state index in [-0.39, 0.29) is 30.1 Å². The first-order chi connectivity index (χ1) is 15.3. The Morgan fingerprint density at radius 1 is 1.16 bits per heavy atom. The first-order valence-electron chi connectivity index (χ1n) is 10.7. The minimum Gasteiger partial charge on any atom is -0.488 e. The summed E-state index contributed by atoms with van der Waals surface area (Å²) in [4.78, 5) is 26.0. The van der Waals surface area contributed by atoms with Crippen molar-refractivity contribution >= 4 is 17.4 Å². The molecular weight excluding hydrogens is 413 g/mol. The second-order valence-corrected chi connectivity index (χ2v) is 8.09. The molecule has 32 heavy (non-hydrogen) atoms. The van der Waals surface area contributed by atoms with Gasteiger partial charge in [0, 0.05) is 44.7 Å². The molecule has 1 heterocycles. The van der Waals surface area contributed by atoms with Crippen LogP contribution in [-0.2, 0) is 4.79 Å². The third-order valence-corrected chi connectivity index (χ3v) is 5.56. The van der Waals surface area contributed by atoms with Gasteiger partial charge in [0.05, 0.1) is 5.69 Å². The number of hydrazine groups is 1. The van der Waals surface area contributed by atoms with E-state index in [4.69, 9.17) is 4.74 Å². The van der Waals surface area contributed by atoms with Crippen LogP contribution in [0.5, 0.6) is 5.75 Å². The molecule has 1 N–H and O–H groups in total. The Kier molecular flexibility index (Phi) is 7.95. The van der Waals surface area contributed by atoms with Gasteiger partial charge in [-0.2, -0.15) is 0 Å². The zero-order valence-electron chi connectivity index (χ0n) is 18.7. The van der Waals surface area contributed by atoms with Crippen molar-refractivity contribution in [1.29, 1.82) is 0 Å². The maximum atomic E-state index is 13.7.